The van der Waals surface area contributed by atoms with Gasteiger partial charge in [-0.1, -0.05) is 0 Å². The van der Waals surface area contributed by atoms with Crippen LogP contribution >= 0.6 is 24.0 Å². The van der Waals surface area contributed by atoms with Gasteiger partial charge >= 0.3 is 0 Å². The quantitative estimate of drug-likeness (QED) is 0.378. The van der Waals surface area contributed by atoms with Crippen molar-refractivity contribution in [1.82, 2.24) is 20.4 Å². The molecule has 1 heterocycles. The zero-order chi connectivity index (χ0) is 17.4. The second kappa shape index (κ2) is 10.9. The topological polar surface area (TPSA) is 72.7 Å². The van der Waals surface area contributed by atoms with Crippen molar-refractivity contribution in [1.29, 1.82) is 0 Å². The standard InChI is InChI=1S/C17H25N5O2.HI/c1-13(12-23-3)20-17(18-2)19-11-14-9-10-22(21-14)15-5-7-16(24-4)8-6-15;/h5-10,13H,11-12H2,1-4H3,(H2,18,19,20);1H. The molecule has 8 heteroatoms. The summed E-state index contributed by atoms with van der Waals surface area (Å²) in [5.41, 5.74) is 1.91. The van der Waals surface area contributed by atoms with E-state index in [0.717, 1.165) is 23.1 Å². The van der Waals surface area contributed by atoms with Gasteiger partial charge in [-0.05, 0) is 37.3 Å². The average molecular weight is 459 g/mol. The summed E-state index contributed by atoms with van der Waals surface area (Å²) in [5, 5.41) is 11.1. The van der Waals surface area contributed by atoms with Crippen LogP contribution in [0.1, 0.15) is 12.6 Å². The molecule has 0 bridgehead atoms. The van der Waals surface area contributed by atoms with Gasteiger partial charge in [-0.2, -0.15) is 5.10 Å². The Hall–Kier alpha value is -1.81. The van der Waals surface area contributed by atoms with E-state index in [1.807, 2.05) is 48.1 Å². The first kappa shape index (κ1) is 21.2. The minimum Gasteiger partial charge on any atom is -0.497 e. The number of guanidine groups is 1. The number of nitrogens with zero attached hydrogens (tertiary/aromatic N) is 3. The van der Waals surface area contributed by atoms with E-state index in [2.05, 4.69) is 20.7 Å². The van der Waals surface area contributed by atoms with E-state index in [4.69, 9.17) is 9.47 Å². The molecular weight excluding hydrogens is 433 g/mol. The Bertz CT molecular complexity index is 657. The normalized spacial score (nSPS) is 12.2. The van der Waals surface area contributed by atoms with E-state index in [-0.39, 0.29) is 30.0 Å². The number of rotatable bonds is 7. The van der Waals surface area contributed by atoms with Gasteiger partial charge in [0.25, 0.3) is 0 Å². The number of hydrogen-bond donors (Lipinski definition) is 2. The molecule has 1 unspecified atom stereocenters. The molecule has 25 heavy (non-hydrogen) atoms. The molecule has 138 valence electrons. The van der Waals surface area contributed by atoms with E-state index in [1.54, 1.807) is 21.3 Å². The highest BCUT2D eigenvalue weighted by Gasteiger charge is 2.06. The van der Waals surface area contributed by atoms with Crippen LogP contribution in [0.4, 0.5) is 0 Å². The van der Waals surface area contributed by atoms with E-state index in [9.17, 15) is 0 Å². The molecule has 2 rings (SSSR count). The molecule has 0 aliphatic heterocycles. The maximum absolute atomic E-state index is 5.17. The molecule has 0 saturated carbocycles. The molecule has 0 aliphatic carbocycles. The number of nitrogens with one attached hydrogen (secondary N) is 2. The van der Waals surface area contributed by atoms with Crippen LogP contribution in [-0.2, 0) is 11.3 Å². The van der Waals surface area contributed by atoms with Crippen LogP contribution in [0.25, 0.3) is 5.69 Å². The molecule has 0 spiro atoms. The predicted molar refractivity (Wildman–Crippen MR) is 110 cm³/mol. The molecule has 0 amide bonds. The van der Waals surface area contributed by atoms with Gasteiger partial charge in [-0.3, -0.25) is 4.99 Å². The Morgan fingerprint density at radius 1 is 1.24 bits per heavy atom. The first-order chi connectivity index (χ1) is 11.7. The molecule has 0 saturated heterocycles. The highest BCUT2D eigenvalue weighted by Crippen LogP contribution is 2.14. The summed E-state index contributed by atoms with van der Waals surface area (Å²) in [5.74, 6) is 1.55. The van der Waals surface area contributed by atoms with Crippen LogP contribution in [0, 0.1) is 0 Å². The molecule has 7 nitrogen and oxygen atoms in total. The van der Waals surface area contributed by atoms with Crippen molar-refractivity contribution in [2.45, 2.75) is 19.5 Å². The van der Waals surface area contributed by atoms with Gasteiger partial charge in [-0.25, -0.2) is 4.68 Å². The van der Waals surface area contributed by atoms with Crippen molar-refractivity contribution in [3.05, 3.63) is 42.2 Å². The monoisotopic (exact) mass is 459 g/mol. The van der Waals surface area contributed by atoms with Crippen LogP contribution in [0.5, 0.6) is 5.75 Å². The van der Waals surface area contributed by atoms with Crippen molar-refractivity contribution >= 4 is 29.9 Å². The summed E-state index contributed by atoms with van der Waals surface area (Å²) >= 11 is 0. The van der Waals surface area contributed by atoms with Crippen LogP contribution in [-0.4, -0.2) is 49.7 Å². The highest BCUT2D eigenvalue weighted by atomic mass is 127. The number of benzene rings is 1. The van der Waals surface area contributed by atoms with Crippen molar-refractivity contribution in [3.63, 3.8) is 0 Å². The summed E-state index contributed by atoms with van der Waals surface area (Å²) in [6.07, 6.45) is 1.93. The zero-order valence-corrected chi connectivity index (χ0v) is 17.4. The number of aromatic nitrogens is 2. The van der Waals surface area contributed by atoms with E-state index in [0.29, 0.717) is 13.2 Å². The van der Waals surface area contributed by atoms with Gasteiger partial charge in [-0.15, -0.1) is 24.0 Å². The van der Waals surface area contributed by atoms with Crippen LogP contribution in [0.3, 0.4) is 0 Å². The second-order valence-corrected chi connectivity index (χ2v) is 5.38. The van der Waals surface area contributed by atoms with Crippen LogP contribution < -0.4 is 15.4 Å². The Labute approximate surface area is 165 Å². The van der Waals surface area contributed by atoms with Gasteiger partial charge in [0.2, 0.25) is 0 Å². The lowest BCUT2D eigenvalue weighted by Crippen LogP contribution is -2.43. The Morgan fingerprint density at radius 2 is 1.96 bits per heavy atom. The molecule has 2 aromatic rings. The molecule has 0 radical (unpaired) electrons. The molecule has 1 atom stereocenters. The summed E-state index contributed by atoms with van der Waals surface area (Å²) in [4.78, 5) is 4.20. The first-order valence-corrected chi connectivity index (χ1v) is 7.81. The lowest BCUT2D eigenvalue weighted by atomic mass is 10.3. The van der Waals surface area contributed by atoms with Crippen molar-refractivity contribution in [2.24, 2.45) is 4.99 Å². The summed E-state index contributed by atoms with van der Waals surface area (Å²) in [6.45, 7) is 3.24. The van der Waals surface area contributed by atoms with Crippen molar-refractivity contribution in [2.75, 3.05) is 27.9 Å². The Morgan fingerprint density at radius 3 is 2.56 bits per heavy atom. The van der Waals surface area contributed by atoms with Gasteiger partial charge in [0.1, 0.15) is 5.75 Å². The Kier molecular flexibility index (Phi) is 9.28. The maximum atomic E-state index is 5.17. The van der Waals surface area contributed by atoms with Crippen LogP contribution in [0.2, 0.25) is 0 Å². The lowest BCUT2D eigenvalue weighted by Gasteiger charge is -2.16. The number of aliphatic imine (C=N–C) groups is 1. The third kappa shape index (κ3) is 6.54. The number of ether oxygens (including phenoxy) is 2. The molecule has 2 N–H and O–H groups in total. The fourth-order valence-electron chi connectivity index (χ4n) is 2.23. The van der Waals surface area contributed by atoms with Gasteiger partial charge in [0.15, 0.2) is 5.96 Å². The van der Waals surface area contributed by atoms with E-state index >= 15 is 0 Å². The average Bonchev–Trinajstić information content (AvgIpc) is 3.08. The SMILES string of the molecule is CN=C(NCc1ccn(-c2ccc(OC)cc2)n1)NC(C)COC.I. The first-order valence-electron chi connectivity index (χ1n) is 7.81. The van der Waals surface area contributed by atoms with Crippen molar-refractivity contribution < 1.29 is 9.47 Å². The fraction of sp³-hybridized carbons (Fsp3) is 0.412. The molecule has 1 aromatic heterocycles. The van der Waals surface area contributed by atoms with Gasteiger partial charge in [0.05, 0.1) is 31.6 Å². The summed E-state index contributed by atoms with van der Waals surface area (Å²) in [7, 11) is 5.08. The largest absolute Gasteiger partial charge is 0.497 e. The van der Waals surface area contributed by atoms with Crippen LogP contribution in [0.15, 0.2) is 41.5 Å². The minimum absolute atomic E-state index is 0. The number of hydrogen-bond acceptors (Lipinski definition) is 4. The Balaban J connectivity index is 0.00000312. The van der Waals surface area contributed by atoms with E-state index in [1.165, 1.54) is 0 Å². The smallest absolute Gasteiger partial charge is 0.191 e. The number of methoxy groups -OCH3 is 2. The zero-order valence-electron chi connectivity index (χ0n) is 15.0. The summed E-state index contributed by atoms with van der Waals surface area (Å²) in [6, 6.07) is 9.92. The molecule has 0 fully saturated rings. The molecule has 1 aromatic carbocycles. The molecular formula is C17H26IN5O2. The van der Waals surface area contributed by atoms with Gasteiger partial charge < -0.3 is 20.1 Å². The predicted octanol–water partition coefficient (Wildman–Crippen LogP) is 2.20. The van der Waals surface area contributed by atoms with Crippen molar-refractivity contribution in [3.8, 4) is 11.4 Å². The maximum Gasteiger partial charge on any atom is 0.191 e. The lowest BCUT2D eigenvalue weighted by molar-refractivity contribution is 0.179. The summed E-state index contributed by atoms with van der Waals surface area (Å²) < 4.78 is 12.1. The minimum atomic E-state index is 0. The molecule has 0 aliphatic rings. The number of halogens is 1. The third-order valence-electron chi connectivity index (χ3n) is 3.44. The highest BCUT2D eigenvalue weighted by molar-refractivity contribution is 14.0. The van der Waals surface area contributed by atoms with E-state index < -0.39 is 0 Å². The second-order valence-electron chi connectivity index (χ2n) is 5.38. The van der Waals surface area contributed by atoms with Gasteiger partial charge in [0, 0.05) is 26.4 Å². The fourth-order valence-corrected chi connectivity index (χ4v) is 2.23. The third-order valence-corrected chi connectivity index (χ3v) is 3.44.